The van der Waals surface area contributed by atoms with Crippen molar-refractivity contribution in [3.05, 3.63) is 53.5 Å². The van der Waals surface area contributed by atoms with E-state index in [1.807, 2.05) is 24.3 Å². The summed E-state index contributed by atoms with van der Waals surface area (Å²) in [6, 6.07) is 9.44. The third-order valence-electron chi connectivity index (χ3n) is 6.77. The van der Waals surface area contributed by atoms with Gasteiger partial charge in [0.25, 0.3) is 0 Å². The van der Waals surface area contributed by atoms with Crippen molar-refractivity contribution in [1.29, 1.82) is 0 Å². The largest absolute Gasteiger partial charge is 0.493 e. The number of carbonyl (C=O) groups is 1. The van der Waals surface area contributed by atoms with Gasteiger partial charge in [-0.2, -0.15) is 0 Å². The van der Waals surface area contributed by atoms with Gasteiger partial charge in [0, 0.05) is 12.5 Å². The van der Waals surface area contributed by atoms with E-state index in [0.717, 1.165) is 37.0 Å². The molecule has 0 bridgehead atoms. The summed E-state index contributed by atoms with van der Waals surface area (Å²) in [7, 11) is 1.55. The summed E-state index contributed by atoms with van der Waals surface area (Å²) in [5.41, 5.74) is 1.67. The summed E-state index contributed by atoms with van der Waals surface area (Å²) in [5, 5.41) is 8.90. The smallest absolute Gasteiger partial charge is 0.303 e. The Kier molecular flexibility index (Phi) is 10.4. The molecule has 0 saturated heterocycles. The van der Waals surface area contributed by atoms with Crippen LogP contribution in [-0.2, 0) is 11.2 Å². The number of hydrogen-bond donors (Lipinski definition) is 1. The van der Waals surface area contributed by atoms with E-state index in [1.165, 1.54) is 25.5 Å². The lowest BCUT2D eigenvalue weighted by Gasteiger charge is -2.37. The van der Waals surface area contributed by atoms with Gasteiger partial charge in [-0.05, 0) is 79.0 Å². The lowest BCUT2D eigenvalue weighted by Crippen LogP contribution is -2.30. The van der Waals surface area contributed by atoms with E-state index >= 15 is 0 Å². The molecule has 5 nitrogen and oxygen atoms in total. The molecule has 35 heavy (non-hydrogen) atoms. The van der Waals surface area contributed by atoms with Crippen LogP contribution >= 0.6 is 0 Å². The number of aliphatic carboxylic acids is 1. The minimum atomic E-state index is -0.798. The average molecular weight is 486 g/mol. The molecular weight excluding hydrogens is 445 g/mol. The highest BCUT2D eigenvalue weighted by atomic mass is 19.1. The van der Waals surface area contributed by atoms with Gasteiger partial charge in [0.2, 0.25) is 5.88 Å². The number of aryl methyl sites for hydroxylation is 1. The van der Waals surface area contributed by atoms with Crippen molar-refractivity contribution in [3.8, 4) is 11.6 Å². The van der Waals surface area contributed by atoms with Crippen LogP contribution < -0.4 is 9.47 Å². The van der Waals surface area contributed by atoms with E-state index in [9.17, 15) is 9.18 Å². The monoisotopic (exact) mass is 485 g/mol. The van der Waals surface area contributed by atoms with Crippen molar-refractivity contribution < 1.29 is 23.8 Å². The number of aromatic nitrogens is 1. The molecule has 0 radical (unpaired) electrons. The summed E-state index contributed by atoms with van der Waals surface area (Å²) < 4.78 is 25.9. The van der Waals surface area contributed by atoms with Crippen molar-refractivity contribution in [2.75, 3.05) is 13.7 Å². The molecule has 1 N–H and O–H groups in total. The van der Waals surface area contributed by atoms with Gasteiger partial charge in [-0.15, -0.1) is 0 Å². The lowest BCUT2D eigenvalue weighted by atomic mass is 9.69. The van der Waals surface area contributed by atoms with Gasteiger partial charge in [-0.25, -0.2) is 9.37 Å². The molecule has 1 heterocycles. The number of pyridine rings is 1. The number of ether oxygens (including phenoxy) is 2. The van der Waals surface area contributed by atoms with Gasteiger partial charge in [0.05, 0.1) is 19.9 Å². The minimum absolute atomic E-state index is 0.111. The van der Waals surface area contributed by atoms with Crippen LogP contribution in [0.1, 0.15) is 82.3 Å². The topological polar surface area (TPSA) is 68.7 Å². The standard InChI is InChI=1S/C26H34FNO4.C3H6/c1-17(2)11-21-13-19(23-14-25(31-3)28-15-24(23)27)8-9-20(21)16-32-22-6-4-5-18(12-22)7-10-26(29)30;1-2-3-1/h4-6,12,14-15,17,19-21H,7-11,13,16H2,1-3H3,(H,29,30);1-3H2. The van der Waals surface area contributed by atoms with Crippen LogP contribution in [0.3, 0.4) is 0 Å². The number of hydrogen-bond acceptors (Lipinski definition) is 4. The van der Waals surface area contributed by atoms with E-state index in [4.69, 9.17) is 14.6 Å². The second-order valence-corrected chi connectivity index (χ2v) is 10.3. The van der Waals surface area contributed by atoms with Crippen molar-refractivity contribution in [1.82, 2.24) is 4.98 Å². The van der Waals surface area contributed by atoms with Crippen molar-refractivity contribution >= 4 is 5.97 Å². The SMILES string of the molecule is C1CC1.COc1cc(C2CCC(COc3cccc(CCC(=O)O)c3)C(CC(C)C)C2)c(F)cn1. The molecule has 6 heteroatoms. The predicted molar refractivity (Wildman–Crippen MR) is 136 cm³/mol. The molecule has 2 fully saturated rings. The Morgan fingerprint density at radius 2 is 1.94 bits per heavy atom. The van der Waals surface area contributed by atoms with E-state index in [-0.39, 0.29) is 18.2 Å². The molecule has 0 spiro atoms. The van der Waals surface area contributed by atoms with Crippen LogP contribution in [0.25, 0.3) is 0 Å². The zero-order chi connectivity index (χ0) is 25.2. The summed E-state index contributed by atoms with van der Waals surface area (Å²) in [6.45, 7) is 5.07. The molecule has 1 aromatic heterocycles. The van der Waals surface area contributed by atoms with Crippen molar-refractivity contribution in [3.63, 3.8) is 0 Å². The highest BCUT2D eigenvalue weighted by molar-refractivity contribution is 5.67. The second kappa shape index (κ2) is 13.5. The number of carboxylic acids is 1. The first-order valence-corrected chi connectivity index (χ1v) is 13.0. The fourth-order valence-corrected chi connectivity index (χ4v) is 4.83. The number of rotatable bonds is 10. The molecule has 0 amide bonds. The first-order chi connectivity index (χ1) is 16.9. The lowest BCUT2D eigenvalue weighted by molar-refractivity contribution is -0.136. The number of methoxy groups -OCH3 is 1. The Hall–Kier alpha value is -2.63. The summed E-state index contributed by atoms with van der Waals surface area (Å²) in [4.78, 5) is 14.8. The van der Waals surface area contributed by atoms with Gasteiger partial charge in [0.15, 0.2) is 0 Å². The fourth-order valence-electron chi connectivity index (χ4n) is 4.83. The fraction of sp³-hybridized carbons (Fsp3) is 0.586. The van der Waals surface area contributed by atoms with Gasteiger partial charge >= 0.3 is 5.97 Å². The Morgan fingerprint density at radius 3 is 2.60 bits per heavy atom. The van der Waals surface area contributed by atoms with E-state index in [1.54, 1.807) is 13.2 Å². The molecule has 3 atom stereocenters. The summed E-state index contributed by atoms with van der Waals surface area (Å²) in [5.74, 6) is 1.74. The minimum Gasteiger partial charge on any atom is -0.493 e. The predicted octanol–water partition coefficient (Wildman–Crippen LogP) is 7.04. The molecule has 2 aromatic rings. The molecule has 2 aliphatic carbocycles. The number of nitrogens with zero attached hydrogens (tertiary/aromatic N) is 1. The highest BCUT2D eigenvalue weighted by Crippen LogP contribution is 2.43. The maximum atomic E-state index is 14.5. The molecular formula is C29H40FNO4. The van der Waals surface area contributed by atoms with Crippen molar-refractivity contribution in [2.24, 2.45) is 17.8 Å². The zero-order valence-corrected chi connectivity index (χ0v) is 21.3. The first-order valence-electron chi connectivity index (χ1n) is 13.0. The normalized spacial score (nSPS) is 21.1. The quantitative estimate of drug-likeness (QED) is 0.391. The Morgan fingerprint density at radius 1 is 1.17 bits per heavy atom. The third kappa shape index (κ3) is 9.15. The van der Waals surface area contributed by atoms with Gasteiger partial charge in [-0.3, -0.25) is 4.79 Å². The van der Waals surface area contributed by atoms with E-state index in [2.05, 4.69) is 18.8 Å². The maximum absolute atomic E-state index is 14.5. The molecule has 2 saturated carbocycles. The molecule has 192 valence electrons. The highest BCUT2D eigenvalue weighted by Gasteiger charge is 2.33. The number of carboxylic acid groups (broad SMARTS) is 1. The van der Waals surface area contributed by atoms with E-state index in [0.29, 0.717) is 42.2 Å². The Balaban J connectivity index is 0.00000106. The molecule has 1 aromatic carbocycles. The van der Waals surface area contributed by atoms with Crippen LogP contribution in [0.15, 0.2) is 36.5 Å². The summed E-state index contributed by atoms with van der Waals surface area (Å²) in [6.07, 6.45) is 10.3. The van der Waals surface area contributed by atoms with Gasteiger partial charge in [0.1, 0.15) is 11.6 Å². The average Bonchev–Trinajstić information content (AvgIpc) is 3.72. The summed E-state index contributed by atoms with van der Waals surface area (Å²) >= 11 is 0. The second-order valence-electron chi connectivity index (χ2n) is 10.3. The molecule has 3 unspecified atom stereocenters. The van der Waals surface area contributed by atoms with Crippen LogP contribution in [0.2, 0.25) is 0 Å². The molecule has 4 rings (SSSR count). The third-order valence-corrected chi connectivity index (χ3v) is 6.77. The van der Waals surface area contributed by atoms with Gasteiger partial charge < -0.3 is 14.6 Å². The maximum Gasteiger partial charge on any atom is 0.303 e. The van der Waals surface area contributed by atoms with Gasteiger partial charge in [-0.1, -0.05) is 45.2 Å². The van der Waals surface area contributed by atoms with Crippen LogP contribution in [0.4, 0.5) is 4.39 Å². The molecule has 0 aliphatic heterocycles. The Labute approximate surface area is 209 Å². The van der Waals surface area contributed by atoms with Crippen LogP contribution in [0, 0.1) is 23.6 Å². The number of halogens is 1. The zero-order valence-electron chi connectivity index (χ0n) is 21.3. The number of benzene rings is 1. The Bertz CT molecular complexity index is 943. The van der Waals surface area contributed by atoms with Crippen LogP contribution in [0.5, 0.6) is 11.6 Å². The van der Waals surface area contributed by atoms with Crippen LogP contribution in [-0.4, -0.2) is 29.8 Å². The van der Waals surface area contributed by atoms with E-state index < -0.39 is 5.97 Å². The first kappa shape index (κ1) is 27.0. The van der Waals surface area contributed by atoms with Crippen molar-refractivity contribution in [2.45, 2.75) is 77.6 Å². The molecule has 2 aliphatic rings.